The van der Waals surface area contributed by atoms with Crippen LogP contribution in [0.2, 0.25) is 0 Å². The van der Waals surface area contributed by atoms with Crippen molar-refractivity contribution in [3.8, 4) is 0 Å². The lowest BCUT2D eigenvalue weighted by atomic mass is 10.0. The molecule has 0 rings (SSSR count). The molecule has 0 aromatic carbocycles. The Morgan fingerprint density at radius 1 is 0.750 bits per heavy atom. The molecule has 0 aromatic rings. The third kappa shape index (κ3) is 17.8. The highest BCUT2D eigenvalue weighted by Gasteiger charge is 2.12. The van der Waals surface area contributed by atoms with Crippen LogP contribution in [0.4, 0.5) is 0 Å². The Kier molecular flexibility index (Phi) is 18.3. The van der Waals surface area contributed by atoms with Gasteiger partial charge in [-0.2, -0.15) is 0 Å². The van der Waals surface area contributed by atoms with E-state index in [2.05, 4.69) is 6.92 Å². The van der Waals surface area contributed by atoms with E-state index in [0.717, 1.165) is 12.8 Å². The summed E-state index contributed by atoms with van der Waals surface area (Å²) in [6, 6.07) is 0. The van der Waals surface area contributed by atoms with Gasteiger partial charge in [0.25, 0.3) is 0 Å². The van der Waals surface area contributed by atoms with E-state index in [1.54, 1.807) is 0 Å². The smallest absolute Gasteiger partial charge is 0.305 e. The number of hydrogen-bond acceptors (Lipinski definition) is 2. The Balaban J connectivity index is 3.25. The number of ether oxygens (including phenoxy) is 1. The first-order valence-corrected chi connectivity index (χ1v) is 10.5. The van der Waals surface area contributed by atoms with E-state index >= 15 is 0 Å². The van der Waals surface area contributed by atoms with Crippen LogP contribution in [0.1, 0.15) is 117 Å². The number of carboxylic acid groups (broad SMARTS) is 1. The first-order valence-electron chi connectivity index (χ1n) is 10.5. The number of rotatable bonds is 19. The number of carboxylic acids is 1. The molecule has 144 valence electrons. The molecule has 1 atom stereocenters. The fraction of sp³-hybridized carbons (Fsp3) is 0.952. The summed E-state index contributed by atoms with van der Waals surface area (Å²) in [7, 11) is 0. The number of aliphatic carboxylic acids is 1. The molecule has 0 aromatic heterocycles. The molecule has 0 heterocycles. The Morgan fingerprint density at radius 3 is 1.54 bits per heavy atom. The molecule has 0 radical (unpaired) electrons. The third-order valence-electron chi connectivity index (χ3n) is 4.68. The minimum atomic E-state index is -0.751. The molecule has 0 bridgehead atoms. The zero-order chi connectivity index (χ0) is 17.9. The largest absolute Gasteiger partial charge is 0.481 e. The van der Waals surface area contributed by atoms with Crippen molar-refractivity contribution in [1.82, 2.24) is 0 Å². The molecule has 0 spiro atoms. The van der Waals surface area contributed by atoms with Crippen molar-refractivity contribution in [1.29, 1.82) is 0 Å². The molecule has 1 unspecified atom stereocenters. The second-order valence-electron chi connectivity index (χ2n) is 7.06. The van der Waals surface area contributed by atoms with Crippen LogP contribution in [-0.2, 0) is 9.53 Å². The summed E-state index contributed by atoms with van der Waals surface area (Å²) >= 11 is 0. The van der Waals surface area contributed by atoms with Crippen LogP contribution in [-0.4, -0.2) is 23.8 Å². The van der Waals surface area contributed by atoms with E-state index in [1.165, 1.54) is 83.5 Å². The van der Waals surface area contributed by atoms with Crippen LogP contribution in [0.5, 0.6) is 0 Å². The van der Waals surface area contributed by atoms with E-state index in [4.69, 9.17) is 9.84 Å². The minimum Gasteiger partial charge on any atom is -0.481 e. The summed E-state index contributed by atoms with van der Waals surface area (Å²) in [5.74, 6) is -0.751. The van der Waals surface area contributed by atoms with E-state index < -0.39 is 5.97 Å². The van der Waals surface area contributed by atoms with Gasteiger partial charge in [0.1, 0.15) is 0 Å². The van der Waals surface area contributed by atoms with Gasteiger partial charge in [-0.1, -0.05) is 96.8 Å². The number of unbranched alkanes of at least 4 members (excludes halogenated alkanes) is 13. The lowest BCUT2D eigenvalue weighted by molar-refractivity contribution is -0.140. The molecule has 1 N–H and O–H groups in total. The molecule has 0 saturated carbocycles. The average Bonchev–Trinajstić information content (AvgIpc) is 2.54. The molecule has 0 aliphatic rings. The number of carbonyl (C=O) groups is 1. The van der Waals surface area contributed by atoms with Crippen molar-refractivity contribution in [2.45, 2.75) is 123 Å². The highest BCUT2D eigenvalue weighted by Crippen LogP contribution is 2.15. The summed E-state index contributed by atoms with van der Waals surface area (Å²) in [6.07, 6.45) is 19.9. The lowest BCUT2D eigenvalue weighted by Crippen LogP contribution is -2.17. The molecule has 3 heteroatoms. The molecule has 0 fully saturated rings. The van der Waals surface area contributed by atoms with Gasteiger partial charge in [0.05, 0.1) is 12.5 Å². The summed E-state index contributed by atoms with van der Waals surface area (Å²) in [6.45, 7) is 4.81. The lowest BCUT2D eigenvalue weighted by Gasteiger charge is -2.14. The van der Waals surface area contributed by atoms with E-state index in [-0.39, 0.29) is 12.5 Å². The van der Waals surface area contributed by atoms with Gasteiger partial charge in [-0.25, -0.2) is 0 Å². The summed E-state index contributed by atoms with van der Waals surface area (Å²) < 4.78 is 5.49. The summed E-state index contributed by atoms with van der Waals surface area (Å²) in [5.41, 5.74) is 0. The summed E-state index contributed by atoms with van der Waals surface area (Å²) in [4.78, 5) is 10.8. The quantitative estimate of drug-likeness (QED) is 0.264. The maximum atomic E-state index is 10.8. The maximum Gasteiger partial charge on any atom is 0.305 e. The van der Waals surface area contributed by atoms with Crippen molar-refractivity contribution in [2.24, 2.45) is 0 Å². The van der Waals surface area contributed by atoms with Crippen LogP contribution >= 0.6 is 0 Å². The Hall–Kier alpha value is -0.570. The Bertz CT molecular complexity index is 266. The third-order valence-corrected chi connectivity index (χ3v) is 4.68. The number of hydrogen-bond donors (Lipinski definition) is 1. The molecule has 0 aliphatic carbocycles. The van der Waals surface area contributed by atoms with Crippen LogP contribution in [0.3, 0.4) is 0 Å². The predicted octanol–water partition coefficient (Wildman–Crippen LogP) is 6.74. The standard InChI is InChI=1S/C21H42O3/c1-3-5-6-7-8-9-10-11-12-13-14-15-16-17-18-20(24-4-2)19-21(22)23/h20H,3-19H2,1-2H3,(H,22,23). The van der Waals surface area contributed by atoms with Crippen molar-refractivity contribution in [3.05, 3.63) is 0 Å². The Morgan fingerprint density at radius 2 is 1.17 bits per heavy atom. The van der Waals surface area contributed by atoms with Gasteiger partial charge in [0.2, 0.25) is 0 Å². The fourth-order valence-electron chi connectivity index (χ4n) is 3.24. The average molecular weight is 343 g/mol. The first kappa shape index (κ1) is 23.4. The molecule has 0 aliphatic heterocycles. The van der Waals surface area contributed by atoms with Crippen molar-refractivity contribution >= 4 is 5.97 Å². The molecule has 3 nitrogen and oxygen atoms in total. The molecule has 0 amide bonds. The van der Waals surface area contributed by atoms with Crippen molar-refractivity contribution < 1.29 is 14.6 Å². The second kappa shape index (κ2) is 18.8. The molecular weight excluding hydrogens is 300 g/mol. The van der Waals surface area contributed by atoms with Crippen LogP contribution in [0, 0.1) is 0 Å². The second-order valence-corrected chi connectivity index (χ2v) is 7.06. The van der Waals surface area contributed by atoms with Crippen LogP contribution in [0.15, 0.2) is 0 Å². The van der Waals surface area contributed by atoms with E-state index in [0.29, 0.717) is 6.61 Å². The van der Waals surface area contributed by atoms with Gasteiger partial charge in [-0.3, -0.25) is 4.79 Å². The minimum absolute atomic E-state index is 0.0928. The molecule has 0 saturated heterocycles. The first-order chi connectivity index (χ1) is 11.7. The maximum absolute atomic E-state index is 10.8. The van der Waals surface area contributed by atoms with Gasteiger partial charge in [-0.15, -0.1) is 0 Å². The monoisotopic (exact) mass is 342 g/mol. The zero-order valence-electron chi connectivity index (χ0n) is 16.4. The van der Waals surface area contributed by atoms with Crippen molar-refractivity contribution in [3.63, 3.8) is 0 Å². The molecular formula is C21H42O3. The highest BCUT2D eigenvalue weighted by atomic mass is 16.5. The van der Waals surface area contributed by atoms with Gasteiger partial charge in [0.15, 0.2) is 0 Å². The molecule has 24 heavy (non-hydrogen) atoms. The van der Waals surface area contributed by atoms with Gasteiger partial charge >= 0.3 is 5.97 Å². The van der Waals surface area contributed by atoms with Gasteiger partial charge in [-0.05, 0) is 13.3 Å². The predicted molar refractivity (Wildman–Crippen MR) is 103 cm³/mol. The summed E-state index contributed by atoms with van der Waals surface area (Å²) in [5, 5.41) is 8.85. The normalized spacial score (nSPS) is 12.4. The zero-order valence-corrected chi connectivity index (χ0v) is 16.4. The van der Waals surface area contributed by atoms with E-state index in [9.17, 15) is 4.79 Å². The van der Waals surface area contributed by atoms with Gasteiger partial charge in [0, 0.05) is 6.61 Å². The van der Waals surface area contributed by atoms with Crippen LogP contribution < -0.4 is 0 Å². The fourth-order valence-corrected chi connectivity index (χ4v) is 3.24. The van der Waals surface area contributed by atoms with E-state index in [1.807, 2.05) is 6.92 Å². The highest BCUT2D eigenvalue weighted by molar-refractivity contribution is 5.67. The SMILES string of the molecule is CCCCCCCCCCCCCCCCC(CC(=O)O)OCC. The topological polar surface area (TPSA) is 46.5 Å². The van der Waals surface area contributed by atoms with Gasteiger partial charge < -0.3 is 9.84 Å². The van der Waals surface area contributed by atoms with Crippen LogP contribution in [0.25, 0.3) is 0 Å². The Labute approximate surface area is 150 Å². The van der Waals surface area contributed by atoms with Crippen molar-refractivity contribution in [2.75, 3.05) is 6.61 Å².